The van der Waals surface area contributed by atoms with E-state index in [2.05, 4.69) is 0 Å². The number of ketones is 1. The highest BCUT2D eigenvalue weighted by Gasteiger charge is 2.76. The van der Waals surface area contributed by atoms with Gasteiger partial charge in [0.05, 0.1) is 31.3 Å². The van der Waals surface area contributed by atoms with Gasteiger partial charge in [0.25, 0.3) is 0 Å². The molecule has 0 radical (unpaired) electrons. The van der Waals surface area contributed by atoms with E-state index in [1.807, 2.05) is 0 Å². The molecule has 4 aliphatic rings. The molecule has 1 amide bonds. The molecular weight excluding hydrogens is 617 g/mol. The molecule has 5 rings (SSSR count). The quantitative estimate of drug-likeness (QED) is 0.105. The minimum Gasteiger partial charge on any atom is -0.477 e. The number of hydrogen-bond acceptors (Lipinski definition) is 10. The van der Waals surface area contributed by atoms with Gasteiger partial charge in [-0.15, -0.1) is 34.8 Å². The Bertz CT molecular complexity index is 1230. The van der Waals surface area contributed by atoms with Crippen LogP contribution in [0.25, 0.3) is 0 Å². The lowest BCUT2D eigenvalue weighted by molar-refractivity contribution is -0.192. The van der Waals surface area contributed by atoms with Gasteiger partial charge in [-0.25, -0.2) is 14.4 Å². The summed E-state index contributed by atoms with van der Waals surface area (Å²) < 4.78 is 34.0. The summed E-state index contributed by atoms with van der Waals surface area (Å²) in [6.45, 7) is 0.479. The molecule has 230 valence electrons. The first-order chi connectivity index (χ1) is 20.3. The number of ether oxygens (including phenoxy) is 6. The maximum absolute atomic E-state index is 13.5. The van der Waals surface area contributed by atoms with Gasteiger partial charge in [0.15, 0.2) is 29.0 Å². The lowest BCUT2D eigenvalue weighted by Gasteiger charge is -2.62. The monoisotopic (exact) mass is 647 g/mol. The van der Waals surface area contributed by atoms with Gasteiger partial charge < -0.3 is 33.3 Å². The number of Topliss-reactive ketones (excluding diaryl/α,β-unsaturated/α-hetero) is 1. The van der Waals surface area contributed by atoms with E-state index in [9.17, 15) is 19.2 Å². The molecule has 1 spiro atoms. The summed E-state index contributed by atoms with van der Waals surface area (Å²) in [4.78, 5) is 54.0. The van der Waals surface area contributed by atoms with Crippen LogP contribution in [0.5, 0.6) is 11.5 Å². The summed E-state index contributed by atoms with van der Waals surface area (Å²) in [6.07, 6.45) is -1.43. The normalized spacial score (nSPS) is 26.5. The van der Waals surface area contributed by atoms with Crippen LogP contribution in [-0.4, -0.2) is 90.8 Å². The molecule has 2 heterocycles. The second kappa shape index (κ2) is 12.9. The van der Waals surface area contributed by atoms with Crippen LogP contribution < -0.4 is 9.47 Å². The average Bonchev–Trinajstić information content (AvgIpc) is 3.32. The highest BCUT2D eigenvalue weighted by Crippen LogP contribution is 2.66. The van der Waals surface area contributed by atoms with Crippen LogP contribution in [0, 0.1) is 0 Å². The number of nitrogens with zero attached hydrogens (tertiary/aromatic N) is 1. The summed E-state index contributed by atoms with van der Waals surface area (Å²) in [5.74, 6) is 1.08. The smallest absolute Gasteiger partial charge is 0.477 e. The Morgan fingerprint density at radius 3 is 2.29 bits per heavy atom. The SMILES string of the molecule is O=C(OCCCCl)Oc1ccc2c3c1O[C@H]1C(=O)CC[C@@]4(OC(=O)OCCCCl)[C@@H](C2)N(C(=O)OCCCCl)CC[C@]314. The predicted molar refractivity (Wildman–Crippen MR) is 150 cm³/mol. The minimum absolute atomic E-state index is 0.0347. The van der Waals surface area contributed by atoms with E-state index in [4.69, 9.17) is 63.2 Å². The van der Waals surface area contributed by atoms with Crippen molar-refractivity contribution in [2.45, 2.75) is 68.1 Å². The van der Waals surface area contributed by atoms with E-state index in [-0.39, 0.29) is 69.3 Å². The Morgan fingerprint density at radius 2 is 1.60 bits per heavy atom. The molecule has 2 aliphatic carbocycles. The van der Waals surface area contributed by atoms with Gasteiger partial charge in [0, 0.05) is 36.2 Å². The van der Waals surface area contributed by atoms with Crippen molar-refractivity contribution in [1.82, 2.24) is 4.90 Å². The first-order valence-corrected chi connectivity index (χ1v) is 15.6. The van der Waals surface area contributed by atoms with E-state index in [1.54, 1.807) is 17.0 Å². The van der Waals surface area contributed by atoms with Gasteiger partial charge in [0.2, 0.25) is 0 Å². The van der Waals surface area contributed by atoms with Crippen LogP contribution in [0.15, 0.2) is 12.1 Å². The zero-order chi connectivity index (χ0) is 29.9. The van der Waals surface area contributed by atoms with E-state index in [0.717, 1.165) is 5.56 Å². The zero-order valence-corrected chi connectivity index (χ0v) is 25.1. The van der Waals surface area contributed by atoms with Crippen molar-refractivity contribution < 1.29 is 47.6 Å². The maximum Gasteiger partial charge on any atom is 0.513 e. The molecular formula is C28H32Cl3NO10. The molecule has 42 heavy (non-hydrogen) atoms. The standard InChI is InChI=1S/C28H32Cl3NO10/c29-9-1-13-37-24(34)32-12-8-27-21-17-4-5-19(40-25(35)38-14-2-10-30)22(21)41-23(27)18(33)6-7-28(27,20(32)16-17)42-26(36)39-15-3-11-31/h4-5,20,23H,1-3,6-16H2/t20-,23+,27+,28-/m1/s1. The highest BCUT2D eigenvalue weighted by atomic mass is 35.5. The molecule has 0 N–H and O–H groups in total. The van der Waals surface area contributed by atoms with Gasteiger partial charge in [0.1, 0.15) is 0 Å². The molecule has 1 saturated carbocycles. The molecule has 2 fully saturated rings. The Balaban J connectivity index is 1.57. The molecule has 4 atom stereocenters. The fraction of sp³-hybridized carbons (Fsp3) is 0.643. The number of hydrogen-bond donors (Lipinski definition) is 0. The average molecular weight is 649 g/mol. The van der Waals surface area contributed by atoms with Crippen molar-refractivity contribution in [2.75, 3.05) is 44.0 Å². The summed E-state index contributed by atoms with van der Waals surface area (Å²) in [5.41, 5.74) is -1.13. The summed E-state index contributed by atoms with van der Waals surface area (Å²) in [6, 6.07) is 2.66. The van der Waals surface area contributed by atoms with Crippen molar-refractivity contribution in [3.8, 4) is 11.5 Å². The van der Waals surface area contributed by atoms with E-state index in [1.165, 1.54) is 0 Å². The van der Waals surface area contributed by atoms with Crippen LogP contribution in [0.4, 0.5) is 14.4 Å². The third-order valence-electron chi connectivity index (χ3n) is 8.39. The third kappa shape index (κ3) is 5.21. The van der Waals surface area contributed by atoms with Crippen LogP contribution in [0.3, 0.4) is 0 Å². The van der Waals surface area contributed by atoms with Crippen molar-refractivity contribution in [2.24, 2.45) is 0 Å². The maximum atomic E-state index is 13.5. The first-order valence-electron chi connectivity index (χ1n) is 14.0. The van der Waals surface area contributed by atoms with Crippen LogP contribution in [0.2, 0.25) is 0 Å². The summed E-state index contributed by atoms with van der Waals surface area (Å²) in [5, 5.41) is 0. The molecule has 0 aromatic heterocycles. The first kappa shape index (κ1) is 30.8. The Hall–Kier alpha value is -2.63. The molecule has 11 nitrogen and oxygen atoms in total. The number of carbonyl (C=O) groups is 4. The molecule has 2 bridgehead atoms. The second-order valence-electron chi connectivity index (χ2n) is 10.6. The number of piperidine rings is 1. The summed E-state index contributed by atoms with van der Waals surface area (Å²) in [7, 11) is 0. The lowest BCUT2D eigenvalue weighted by atomic mass is 9.49. The van der Waals surface area contributed by atoms with Gasteiger partial charge in [-0.1, -0.05) is 6.07 Å². The fourth-order valence-electron chi connectivity index (χ4n) is 6.81. The molecule has 14 heteroatoms. The topological polar surface area (TPSA) is 127 Å². The summed E-state index contributed by atoms with van der Waals surface area (Å²) >= 11 is 17.2. The number of carbonyl (C=O) groups excluding carboxylic acids is 4. The molecule has 2 aliphatic heterocycles. The molecule has 1 saturated heterocycles. The number of halogens is 3. The lowest BCUT2D eigenvalue weighted by Crippen LogP contribution is -2.78. The fourth-order valence-corrected chi connectivity index (χ4v) is 7.14. The van der Waals surface area contributed by atoms with Crippen LogP contribution in [-0.2, 0) is 35.6 Å². The predicted octanol–water partition coefficient (Wildman–Crippen LogP) is 5.11. The minimum atomic E-state index is -1.38. The van der Waals surface area contributed by atoms with E-state index in [0.29, 0.717) is 42.5 Å². The number of rotatable bonds is 11. The zero-order valence-electron chi connectivity index (χ0n) is 22.9. The van der Waals surface area contributed by atoms with Gasteiger partial charge >= 0.3 is 18.4 Å². The van der Waals surface area contributed by atoms with Gasteiger partial charge in [-0.2, -0.15) is 0 Å². The Morgan fingerprint density at radius 1 is 0.929 bits per heavy atom. The molecule has 1 aromatic rings. The van der Waals surface area contributed by atoms with E-state index >= 15 is 0 Å². The van der Waals surface area contributed by atoms with Gasteiger partial charge in [-0.05, 0) is 50.2 Å². The largest absolute Gasteiger partial charge is 0.513 e. The van der Waals surface area contributed by atoms with Crippen molar-refractivity contribution in [3.05, 3.63) is 23.3 Å². The number of benzene rings is 1. The van der Waals surface area contributed by atoms with Crippen molar-refractivity contribution >= 4 is 59.0 Å². The van der Waals surface area contributed by atoms with Crippen LogP contribution >= 0.6 is 34.8 Å². The van der Waals surface area contributed by atoms with Crippen molar-refractivity contribution in [3.63, 3.8) is 0 Å². The third-order valence-corrected chi connectivity index (χ3v) is 9.20. The molecule has 0 unspecified atom stereocenters. The highest BCUT2D eigenvalue weighted by molar-refractivity contribution is 6.18. The number of amides is 1. The molecule has 1 aromatic carbocycles. The Kier molecular flexibility index (Phi) is 9.49. The van der Waals surface area contributed by atoms with Gasteiger partial charge in [-0.3, -0.25) is 4.79 Å². The van der Waals surface area contributed by atoms with Crippen molar-refractivity contribution in [1.29, 1.82) is 0 Å². The van der Waals surface area contributed by atoms with Crippen LogP contribution in [0.1, 0.15) is 49.7 Å². The second-order valence-corrected chi connectivity index (χ2v) is 11.7. The van der Waals surface area contributed by atoms with E-state index < -0.39 is 41.6 Å². The number of likely N-dealkylation sites (tertiary alicyclic amines) is 1. The number of alkyl halides is 3. The Labute approximate surface area is 257 Å².